The summed E-state index contributed by atoms with van der Waals surface area (Å²) in [5.41, 5.74) is -0.147. The number of aromatic nitrogens is 3. The van der Waals surface area contributed by atoms with E-state index in [-0.39, 0.29) is 42.7 Å². The second-order valence-electron chi connectivity index (χ2n) is 9.58. The number of carbonyl (C=O) groups excluding carboxylic acids is 3. The van der Waals surface area contributed by atoms with E-state index in [4.69, 9.17) is 0 Å². The molecular formula is C22H30N8O6. The van der Waals surface area contributed by atoms with Crippen LogP contribution in [0, 0.1) is 15.5 Å². The van der Waals surface area contributed by atoms with Crippen molar-refractivity contribution in [2.45, 2.75) is 51.9 Å². The largest absolute Gasteiger partial charge is 0.391 e. The maximum Gasteiger partial charge on any atom is 0.319 e. The smallest absolute Gasteiger partial charge is 0.319 e. The quantitative estimate of drug-likeness (QED) is 0.316. The van der Waals surface area contributed by atoms with Gasteiger partial charge in [0.1, 0.15) is 17.8 Å². The number of aliphatic hydroxyl groups excluding tert-OH is 1. The number of likely N-dealkylation sites (tertiary alicyclic amines) is 1. The van der Waals surface area contributed by atoms with Gasteiger partial charge in [-0.15, -0.1) is 5.10 Å². The van der Waals surface area contributed by atoms with Crippen LogP contribution >= 0.6 is 0 Å². The van der Waals surface area contributed by atoms with Crippen molar-refractivity contribution in [2.24, 2.45) is 5.41 Å². The van der Waals surface area contributed by atoms with Gasteiger partial charge >= 0.3 is 6.03 Å². The number of rotatable bonds is 7. The summed E-state index contributed by atoms with van der Waals surface area (Å²) in [6, 6.07) is 3.30. The second kappa shape index (κ2) is 10.7. The number of urea groups is 1. The van der Waals surface area contributed by atoms with Gasteiger partial charge < -0.3 is 26.0 Å². The lowest BCUT2D eigenvalue weighted by Crippen LogP contribution is -2.49. The molecule has 0 aliphatic carbocycles. The van der Waals surface area contributed by atoms with Crippen molar-refractivity contribution in [2.75, 3.05) is 18.9 Å². The van der Waals surface area contributed by atoms with Gasteiger partial charge in [-0.3, -0.25) is 19.7 Å². The number of β-amino-alcohol motifs (C(OH)–C–C–N with tert-alkyl or cyclic N) is 1. The van der Waals surface area contributed by atoms with Crippen molar-refractivity contribution in [3.8, 4) is 0 Å². The summed E-state index contributed by atoms with van der Waals surface area (Å²) in [7, 11) is 1.48. The van der Waals surface area contributed by atoms with Crippen molar-refractivity contribution >= 4 is 29.2 Å². The fraction of sp³-hybridized carbons (Fsp3) is 0.500. The zero-order valence-corrected chi connectivity index (χ0v) is 20.5. The molecule has 0 saturated carbocycles. The zero-order chi connectivity index (χ0) is 26.6. The van der Waals surface area contributed by atoms with Gasteiger partial charge in [-0.2, -0.15) is 0 Å². The van der Waals surface area contributed by atoms with Crippen LogP contribution in [0.25, 0.3) is 0 Å². The maximum atomic E-state index is 13.5. The summed E-state index contributed by atoms with van der Waals surface area (Å²) in [4.78, 5) is 49.8. The van der Waals surface area contributed by atoms with E-state index in [1.54, 1.807) is 0 Å². The maximum absolute atomic E-state index is 13.5. The Morgan fingerprint density at radius 1 is 1.31 bits per heavy atom. The van der Waals surface area contributed by atoms with Crippen molar-refractivity contribution in [3.05, 3.63) is 46.3 Å². The molecule has 36 heavy (non-hydrogen) atoms. The van der Waals surface area contributed by atoms with Gasteiger partial charge in [0.05, 0.1) is 23.8 Å². The Morgan fingerprint density at radius 3 is 2.67 bits per heavy atom. The molecule has 1 aliphatic heterocycles. The minimum absolute atomic E-state index is 0.0187. The molecule has 0 unspecified atom stereocenters. The molecule has 2 aromatic rings. The Balaban J connectivity index is 1.70. The number of amides is 4. The minimum Gasteiger partial charge on any atom is -0.391 e. The van der Waals surface area contributed by atoms with E-state index >= 15 is 0 Å². The Morgan fingerprint density at radius 2 is 2.03 bits per heavy atom. The van der Waals surface area contributed by atoms with E-state index in [0.717, 1.165) is 0 Å². The van der Waals surface area contributed by atoms with Gasteiger partial charge in [0.15, 0.2) is 0 Å². The molecule has 0 spiro atoms. The number of aliphatic hydroxyl groups is 1. The number of anilines is 1. The lowest BCUT2D eigenvalue weighted by molar-refractivity contribution is -0.384. The summed E-state index contributed by atoms with van der Waals surface area (Å²) in [5.74, 6) is -0.730. The van der Waals surface area contributed by atoms with Crippen LogP contribution in [0.4, 0.5) is 16.2 Å². The molecule has 3 atom stereocenters. The van der Waals surface area contributed by atoms with Gasteiger partial charge in [-0.05, 0) is 11.5 Å². The van der Waals surface area contributed by atoms with E-state index in [2.05, 4.69) is 26.3 Å². The first kappa shape index (κ1) is 26.5. The average Bonchev–Trinajstić information content (AvgIpc) is 3.43. The molecule has 1 fully saturated rings. The molecule has 1 aliphatic rings. The lowest BCUT2D eigenvalue weighted by Gasteiger charge is -2.34. The van der Waals surface area contributed by atoms with Gasteiger partial charge in [-0.1, -0.05) is 32.1 Å². The van der Waals surface area contributed by atoms with Crippen LogP contribution in [0.5, 0.6) is 0 Å². The summed E-state index contributed by atoms with van der Waals surface area (Å²) >= 11 is 0. The predicted octanol–water partition coefficient (Wildman–Crippen LogP) is 0.803. The molecular weight excluding hydrogens is 472 g/mol. The molecule has 1 aromatic carbocycles. The number of benzene rings is 1. The highest BCUT2D eigenvalue weighted by Crippen LogP contribution is 2.34. The third-order valence-electron chi connectivity index (χ3n) is 5.73. The van der Waals surface area contributed by atoms with Crippen LogP contribution in [0.2, 0.25) is 0 Å². The number of hydrogen-bond acceptors (Lipinski definition) is 8. The number of nitro benzene ring substituents is 1. The van der Waals surface area contributed by atoms with Crippen molar-refractivity contribution < 1.29 is 24.4 Å². The number of non-ortho nitro benzene ring substituents is 1. The summed E-state index contributed by atoms with van der Waals surface area (Å²) < 4.78 is 1.39. The summed E-state index contributed by atoms with van der Waals surface area (Å²) in [6.07, 6.45) is 0.870. The first-order valence-electron chi connectivity index (χ1n) is 11.3. The number of carbonyl (C=O) groups is 3. The van der Waals surface area contributed by atoms with Crippen molar-refractivity contribution in [3.63, 3.8) is 0 Å². The standard InChI is InChI=1S/C22H30N8O6/c1-22(2,3)18(20(33)28-12-16(31)9-17(28)19(32)23-4)29-11-14(26-27-29)10-24-21(34)25-13-6-5-7-15(8-13)30(35)36/h5-8,11,16-18,31H,9-10,12H2,1-4H3,(H,23,32)(H2,24,25,34)/t16-,17+,18-/m1/s1. The first-order valence-corrected chi connectivity index (χ1v) is 11.3. The molecule has 2 heterocycles. The Bertz CT molecular complexity index is 1140. The van der Waals surface area contributed by atoms with Gasteiger partial charge in [0.2, 0.25) is 11.8 Å². The molecule has 3 rings (SSSR count). The SMILES string of the molecule is CNC(=O)[C@@H]1C[C@@H](O)CN1C(=O)[C@@H](n1cc(CNC(=O)Nc2cccc([N+](=O)[O-])c2)nn1)C(C)(C)C. The zero-order valence-electron chi connectivity index (χ0n) is 20.5. The normalized spacial score (nSPS) is 18.4. The minimum atomic E-state index is -0.824. The van der Waals surface area contributed by atoms with Crippen LogP contribution < -0.4 is 16.0 Å². The van der Waals surface area contributed by atoms with Gasteiger partial charge in [0, 0.05) is 37.8 Å². The molecule has 0 bridgehead atoms. The molecule has 1 saturated heterocycles. The van der Waals surface area contributed by atoms with Crippen LogP contribution in [-0.4, -0.2) is 73.5 Å². The van der Waals surface area contributed by atoms with E-state index in [0.29, 0.717) is 5.69 Å². The Labute approximate surface area is 207 Å². The van der Waals surface area contributed by atoms with Crippen LogP contribution in [-0.2, 0) is 16.1 Å². The van der Waals surface area contributed by atoms with Gasteiger partial charge in [-0.25, -0.2) is 9.48 Å². The average molecular weight is 503 g/mol. The summed E-state index contributed by atoms with van der Waals surface area (Å²) in [6.45, 7) is 5.56. The molecule has 4 amide bonds. The topological polar surface area (TPSA) is 185 Å². The lowest BCUT2D eigenvalue weighted by atomic mass is 9.85. The number of likely N-dealkylation sites (N-methyl/N-ethyl adjacent to an activating group) is 1. The number of hydrogen-bond donors (Lipinski definition) is 4. The molecule has 14 heteroatoms. The van der Waals surface area contributed by atoms with E-state index in [1.165, 1.54) is 47.1 Å². The predicted molar refractivity (Wildman–Crippen MR) is 128 cm³/mol. The molecule has 194 valence electrons. The first-order chi connectivity index (χ1) is 16.9. The van der Waals surface area contributed by atoms with E-state index < -0.39 is 34.6 Å². The highest BCUT2D eigenvalue weighted by atomic mass is 16.6. The number of nitro groups is 1. The third-order valence-corrected chi connectivity index (χ3v) is 5.73. The fourth-order valence-corrected chi connectivity index (χ4v) is 4.07. The highest BCUT2D eigenvalue weighted by Gasteiger charge is 2.45. The Hall–Kier alpha value is -4.07. The van der Waals surface area contributed by atoms with Gasteiger partial charge in [0.25, 0.3) is 5.69 Å². The van der Waals surface area contributed by atoms with Crippen molar-refractivity contribution in [1.82, 2.24) is 30.5 Å². The highest BCUT2D eigenvalue weighted by molar-refractivity contribution is 5.90. The van der Waals surface area contributed by atoms with E-state index in [1.807, 2.05) is 20.8 Å². The van der Waals surface area contributed by atoms with Crippen LogP contribution in [0.1, 0.15) is 38.9 Å². The Kier molecular flexibility index (Phi) is 7.87. The molecule has 4 N–H and O–H groups in total. The third kappa shape index (κ3) is 6.13. The van der Waals surface area contributed by atoms with Crippen LogP contribution in [0.15, 0.2) is 30.5 Å². The van der Waals surface area contributed by atoms with Crippen molar-refractivity contribution in [1.29, 1.82) is 0 Å². The van der Waals surface area contributed by atoms with Crippen LogP contribution in [0.3, 0.4) is 0 Å². The number of nitrogens with zero attached hydrogens (tertiary/aromatic N) is 5. The van der Waals surface area contributed by atoms with E-state index in [9.17, 15) is 29.6 Å². The summed E-state index contributed by atoms with van der Waals surface area (Å²) in [5, 5.41) is 36.8. The fourth-order valence-electron chi connectivity index (χ4n) is 4.07. The molecule has 0 radical (unpaired) electrons. The molecule has 14 nitrogen and oxygen atoms in total. The second-order valence-corrected chi connectivity index (χ2v) is 9.58. The molecule has 1 aromatic heterocycles. The monoisotopic (exact) mass is 502 g/mol. The number of nitrogens with one attached hydrogen (secondary N) is 3.